The van der Waals surface area contributed by atoms with Gasteiger partial charge in [-0.3, -0.25) is 14.5 Å². The van der Waals surface area contributed by atoms with E-state index in [1.54, 1.807) is 0 Å². The van der Waals surface area contributed by atoms with E-state index in [9.17, 15) is 9.59 Å². The Kier molecular flexibility index (Phi) is 14.0. The van der Waals surface area contributed by atoms with E-state index in [4.69, 9.17) is 5.73 Å². The highest BCUT2D eigenvalue weighted by Gasteiger charge is 2.32. The van der Waals surface area contributed by atoms with Crippen LogP contribution < -0.4 is 16.4 Å². The molecule has 0 bridgehead atoms. The van der Waals surface area contributed by atoms with Crippen LogP contribution in [0.2, 0.25) is 0 Å². The van der Waals surface area contributed by atoms with Crippen LogP contribution in [0.1, 0.15) is 40.0 Å². The Morgan fingerprint density at radius 2 is 1.22 bits per heavy atom. The van der Waals surface area contributed by atoms with Crippen molar-refractivity contribution < 1.29 is 9.59 Å². The van der Waals surface area contributed by atoms with Gasteiger partial charge in [0.05, 0.1) is 0 Å². The van der Waals surface area contributed by atoms with E-state index in [-0.39, 0.29) is 49.0 Å². The molecule has 6 nitrogen and oxygen atoms in total. The number of nitrogens with two attached hydrogens (primary N) is 1. The van der Waals surface area contributed by atoms with Crippen molar-refractivity contribution in [2.24, 2.45) is 5.73 Å². The number of rotatable bonds is 12. The van der Waals surface area contributed by atoms with Crippen molar-refractivity contribution in [3.05, 3.63) is 71.8 Å². The van der Waals surface area contributed by atoms with Gasteiger partial charge < -0.3 is 16.4 Å². The lowest BCUT2D eigenvalue weighted by molar-refractivity contribution is 0.0609. The van der Waals surface area contributed by atoms with E-state index in [2.05, 4.69) is 10.6 Å². The van der Waals surface area contributed by atoms with Crippen molar-refractivity contribution in [1.29, 1.82) is 0 Å². The number of hydrogen-bond donors (Lipinski definition) is 3. The molecule has 0 spiro atoms. The van der Waals surface area contributed by atoms with Crippen molar-refractivity contribution in [3.63, 3.8) is 0 Å². The predicted molar refractivity (Wildman–Crippen MR) is 155 cm³/mol. The van der Waals surface area contributed by atoms with Gasteiger partial charge in [0.15, 0.2) is 0 Å². The number of nitrogens with zero attached hydrogens (tertiary/aromatic N) is 1. The van der Waals surface area contributed by atoms with Gasteiger partial charge in [-0.05, 0) is 80.6 Å². The molecule has 0 fully saturated rings. The molecule has 4 rings (SSSR count). The molecule has 0 unspecified atom stereocenters. The molecule has 0 radical (unpaired) electrons. The summed E-state index contributed by atoms with van der Waals surface area (Å²) in [5, 5.41) is 8.46. The molecule has 1 heterocycles. The van der Waals surface area contributed by atoms with Crippen LogP contribution in [0.15, 0.2) is 60.7 Å². The molecule has 0 aromatic heterocycles. The van der Waals surface area contributed by atoms with E-state index in [0.29, 0.717) is 24.2 Å². The number of halogens is 3. The summed E-state index contributed by atoms with van der Waals surface area (Å²) in [6.07, 6.45) is 2.76. The molecule has 3 aromatic carbocycles. The molecule has 0 saturated heterocycles. The Balaban J connectivity index is 0.00000216. The molecule has 9 heteroatoms. The van der Waals surface area contributed by atoms with Crippen LogP contribution in [0, 0.1) is 0 Å². The van der Waals surface area contributed by atoms with Gasteiger partial charge in [0, 0.05) is 23.1 Å². The highest BCUT2D eigenvalue weighted by Crippen LogP contribution is 2.36. The molecule has 4 N–H and O–H groups in total. The summed E-state index contributed by atoms with van der Waals surface area (Å²) in [5.41, 5.74) is 8.80. The van der Waals surface area contributed by atoms with Crippen LogP contribution >= 0.6 is 37.2 Å². The average Bonchev–Trinajstić information content (AvgIpc) is 2.85. The Morgan fingerprint density at radius 1 is 0.639 bits per heavy atom. The number of imide groups is 1. The van der Waals surface area contributed by atoms with Gasteiger partial charge in [-0.15, -0.1) is 37.2 Å². The maximum absolute atomic E-state index is 13.2. The largest absolute Gasteiger partial charge is 0.330 e. The van der Waals surface area contributed by atoms with Crippen molar-refractivity contribution in [2.45, 2.75) is 19.3 Å². The van der Waals surface area contributed by atoms with Gasteiger partial charge in [0.25, 0.3) is 11.8 Å². The summed E-state index contributed by atoms with van der Waals surface area (Å²) in [7, 11) is 0. The minimum absolute atomic E-state index is 0. The van der Waals surface area contributed by atoms with E-state index in [1.165, 1.54) is 4.90 Å². The Morgan fingerprint density at radius 3 is 1.89 bits per heavy atom. The second-order valence-electron chi connectivity index (χ2n) is 8.37. The lowest BCUT2D eigenvalue weighted by atomic mass is 9.89. The summed E-state index contributed by atoms with van der Waals surface area (Å²) in [6.45, 7) is 4.71. The minimum Gasteiger partial charge on any atom is -0.330 e. The van der Waals surface area contributed by atoms with Crippen LogP contribution in [-0.4, -0.2) is 56.0 Å². The maximum atomic E-state index is 13.2. The zero-order chi connectivity index (χ0) is 23.0. The summed E-state index contributed by atoms with van der Waals surface area (Å²) < 4.78 is 0. The van der Waals surface area contributed by atoms with E-state index < -0.39 is 0 Å². The van der Waals surface area contributed by atoms with Crippen LogP contribution in [0.5, 0.6) is 0 Å². The number of amides is 2. The summed E-state index contributed by atoms with van der Waals surface area (Å²) in [5.74, 6) is -0.403. The fourth-order valence-electron chi connectivity index (χ4n) is 4.40. The number of nitrogens with one attached hydrogen (secondary N) is 2. The molecular formula is C27H35Cl3N4O2. The van der Waals surface area contributed by atoms with Crippen molar-refractivity contribution in [3.8, 4) is 11.1 Å². The van der Waals surface area contributed by atoms with Gasteiger partial charge >= 0.3 is 0 Å². The second kappa shape index (κ2) is 15.8. The third kappa shape index (κ3) is 7.19. The van der Waals surface area contributed by atoms with Crippen molar-refractivity contribution >= 4 is 59.8 Å². The van der Waals surface area contributed by atoms with E-state index in [1.807, 2.05) is 60.7 Å². The average molecular weight is 554 g/mol. The number of hydrogen-bond acceptors (Lipinski definition) is 5. The third-order valence-electron chi connectivity index (χ3n) is 6.08. The molecule has 0 aliphatic carbocycles. The van der Waals surface area contributed by atoms with E-state index in [0.717, 1.165) is 67.3 Å². The van der Waals surface area contributed by atoms with Gasteiger partial charge in [-0.25, -0.2) is 0 Å². The fraction of sp³-hybridized carbons (Fsp3) is 0.333. The van der Waals surface area contributed by atoms with Gasteiger partial charge in [-0.2, -0.15) is 0 Å². The first-order valence-electron chi connectivity index (χ1n) is 11.8. The Bertz CT molecular complexity index is 1110. The Labute approximate surface area is 231 Å². The number of carbonyl (C=O) groups is 2. The first kappa shape index (κ1) is 31.8. The molecule has 36 heavy (non-hydrogen) atoms. The fourth-order valence-corrected chi connectivity index (χ4v) is 4.40. The Hall–Kier alpha value is -2.19. The summed E-state index contributed by atoms with van der Waals surface area (Å²) >= 11 is 0. The highest BCUT2D eigenvalue weighted by atomic mass is 35.5. The monoisotopic (exact) mass is 552 g/mol. The van der Waals surface area contributed by atoms with Gasteiger partial charge in [0.1, 0.15) is 0 Å². The normalized spacial score (nSPS) is 12.1. The highest BCUT2D eigenvalue weighted by molar-refractivity contribution is 6.26. The van der Waals surface area contributed by atoms with E-state index >= 15 is 0 Å². The topological polar surface area (TPSA) is 87.5 Å². The van der Waals surface area contributed by atoms with Crippen molar-refractivity contribution in [1.82, 2.24) is 15.5 Å². The van der Waals surface area contributed by atoms with Crippen LogP contribution in [0.4, 0.5) is 0 Å². The zero-order valence-electron chi connectivity index (χ0n) is 20.2. The summed E-state index contributed by atoms with van der Waals surface area (Å²) in [6, 6.07) is 19.7. The lowest BCUT2D eigenvalue weighted by Crippen LogP contribution is -2.41. The third-order valence-corrected chi connectivity index (χ3v) is 6.08. The quantitative estimate of drug-likeness (QED) is 0.224. The molecule has 2 amide bonds. The van der Waals surface area contributed by atoms with Crippen molar-refractivity contribution in [2.75, 3.05) is 39.3 Å². The SMILES string of the molecule is Cl.Cl.Cl.NCCCNCCCNCCCN1C(=O)c2cccc3c(-c4ccccc4)ccc(c23)C1=O. The second-order valence-corrected chi connectivity index (χ2v) is 8.37. The predicted octanol–water partition coefficient (Wildman–Crippen LogP) is 4.68. The standard InChI is InChI=1S/C27H32N4O2.3ClH/c28-14-5-15-29-16-6-17-30-18-7-19-31-26(32)23-11-4-10-22-21(20-8-2-1-3-9-20)12-13-24(25(22)23)27(31)33;;;/h1-4,8-13,29-30H,5-7,14-19,28H2;3*1H. The number of carbonyl (C=O) groups excluding carboxylic acids is 2. The van der Waals surface area contributed by atoms with Crippen LogP contribution in [0.25, 0.3) is 21.9 Å². The summed E-state index contributed by atoms with van der Waals surface area (Å²) in [4.78, 5) is 27.8. The first-order chi connectivity index (χ1) is 16.2. The molecule has 196 valence electrons. The van der Waals surface area contributed by atoms with Gasteiger partial charge in [0.2, 0.25) is 0 Å². The molecule has 1 aliphatic rings. The first-order valence-corrected chi connectivity index (χ1v) is 11.8. The molecular weight excluding hydrogens is 519 g/mol. The van der Waals surface area contributed by atoms with Gasteiger partial charge in [-0.1, -0.05) is 48.5 Å². The lowest BCUT2D eigenvalue weighted by Gasteiger charge is -2.28. The smallest absolute Gasteiger partial charge is 0.261 e. The maximum Gasteiger partial charge on any atom is 0.261 e. The molecule has 0 saturated carbocycles. The van der Waals surface area contributed by atoms with Crippen LogP contribution in [-0.2, 0) is 0 Å². The zero-order valence-corrected chi connectivity index (χ0v) is 22.7. The molecule has 3 aromatic rings. The molecule has 1 aliphatic heterocycles. The van der Waals surface area contributed by atoms with Crippen LogP contribution in [0.3, 0.4) is 0 Å². The minimum atomic E-state index is -0.201. The molecule has 0 atom stereocenters. The number of benzene rings is 3.